The minimum absolute atomic E-state index is 0. The van der Waals surface area contributed by atoms with Gasteiger partial charge < -0.3 is 20.9 Å². The van der Waals surface area contributed by atoms with Crippen molar-refractivity contribution in [3.05, 3.63) is 65.2 Å². The second kappa shape index (κ2) is 12.3. The Morgan fingerprint density at radius 3 is 2.52 bits per heavy atom. The van der Waals surface area contributed by atoms with Gasteiger partial charge >= 0.3 is 0 Å². The molecule has 0 bridgehead atoms. The van der Waals surface area contributed by atoms with Gasteiger partial charge in [-0.05, 0) is 48.7 Å². The molecule has 1 fully saturated rings. The van der Waals surface area contributed by atoms with Crippen LogP contribution in [0, 0.1) is 0 Å². The Labute approximate surface area is 200 Å². The lowest BCUT2D eigenvalue weighted by molar-refractivity contribution is -0.117. The van der Waals surface area contributed by atoms with Crippen LogP contribution in [-0.2, 0) is 17.9 Å². The predicted molar refractivity (Wildman–Crippen MR) is 135 cm³/mol. The minimum Gasteiger partial charge on any atom is -0.357 e. The number of nitrogens with one attached hydrogen (secondary N) is 3. The second-order valence-corrected chi connectivity index (χ2v) is 7.14. The molecule has 0 aromatic heterocycles. The van der Waals surface area contributed by atoms with Crippen LogP contribution in [0.3, 0.4) is 0 Å². The number of rotatable bonds is 7. The number of carbonyl (C=O) groups excluding carboxylic acids is 2. The van der Waals surface area contributed by atoms with Crippen molar-refractivity contribution in [3.8, 4) is 0 Å². The third-order valence-electron chi connectivity index (χ3n) is 4.96. The smallest absolute Gasteiger partial charge is 0.251 e. The monoisotopic (exact) mass is 535 g/mol. The summed E-state index contributed by atoms with van der Waals surface area (Å²) in [6.45, 7) is 4.66. The van der Waals surface area contributed by atoms with Gasteiger partial charge in [0.15, 0.2) is 5.96 Å². The molecule has 0 unspecified atom stereocenters. The van der Waals surface area contributed by atoms with Crippen LogP contribution >= 0.6 is 24.0 Å². The van der Waals surface area contributed by atoms with Crippen molar-refractivity contribution in [1.29, 1.82) is 0 Å². The standard InChI is InChI=1S/C23H29N5O2.HI/c1-3-25-23(27-16-18-6-4-7-19(14-18)22(30)24-2)26-15-17-9-11-20(12-10-17)28-13-5-8-21(28)29;/h4,6-7,9-12,14H,3,5,8,13,15-16H2,1-2H3,(H,24,30)(H2,25,26,27);1H. The summed E-state index contributed by atoms with van der Waals surface area (Å²) in [4.78, 5) is 30.1. The molecule has 31 heavy (non-hydrogen) atoms. The van der Waals surface area contributed by atoms with Crippen LogP contribution in [-0.4, -0.2) is 37.9 Å². The SMILES string of the molecule is CCNC(=NCc1cccc(C(=O)NC)c1)NCc1ccc(N2CCCC2=O)cc1.I. The molecule has 2 amide bonds. The molecule has 166 valence electrons. The lowest BCUT2D eigenvalue weighted by Crippen LogP contribution is -2.36. The highest BCUT2D eigenvalue weighted by molar-refractivity contribution is 14.0. The third-order valence-corrected chi connectivity index (χ3v) is 4.96. The number of nitrogens with zero attached hydrogens (tertiary/aromatic N) is 2. The molecule has 3 N–H and O–H groups in total. The van der Waals surface area contributed by atoms with E-state index in [9.17, 15) is 9.59 Å². The van der Waals surface area contributed by atoms with Gasteiger partial charge in [-0.15, -0.1) is 24.0 Å². The van der Waals surface area contributed by atoms with E-state index < -0.39 is 0 Å². The van der Waals surface area contributed by atoms with Gasteiger partial charge in [-0.2, -0.15) is 0 Å². The van der Waals surface area contributed by atoms with Crippen LogP contribution in [0.25, 0.3) is 0 Å². The van der Waals surface area contributed by atoms with Gasteiger partial charge in [-0.1, -0.05) is 24.3 Å². The fraction of sp³-hybridized carbons (Fsp3) is 0.348. The summed E-state index contributed by atoms with van der Waals surface area (Å²) in [7, 11) is 1.62. The fourth-order valence-electron chi connectivity index (χ4n) is 3.37. The first-order valence-corrected chi connectivity index (χ1v) is 10.3. The highest BCUT2D eigenvalue weighted by Crippen LogP contribution is 2.21. The van der Waals surface area contributed by atoms with Gasteiger partial charge in [0.2, 0.25) is 5.91 Å². The van der Waals surface area contributed by atoms with E-state index in [2.05, 4.69) is 20.9 Å². The van der Waals surface area contributed by atoms with E-state index >= 15 is 0 Å². The highest BCUT2D eigenvalue weighted by Gasteiger charge is 2.21. The summed E-state index contributed by atoms with van der Waals surface area (Å²) < 4.78 is 0. The van der Waals surface area contributed by atoms with Gasteiger partial charge in [-0.25, -0.2) is 4.99 Å². The number of guanidine groups is 1. The van der Waals surface area contributed by atoms with Gasteiger partial charge in [0.1, 0.15) is 0 Å². The lowest BCUT2D eigenvalue weighted by atomic mass is 10.1. The number of carbonyl (C=O) groups is 2. The summed E-state index contributed by atoms with van der Waals surface area (Å²) in [5, 5.41) is 9.21. The third kappa shape index (κ3) is 6.95. The van der Waals surface area contributed by atoms with Crippen LogP contribution in [0.5, 0.6) is 0 Å². The molecular formula is C23H30IN5O2. The summed E-state index contributed by atoms with van der Waals surface area (Å²) in [6, 6.07) is 15.5. The molecule has 0 aliphatic carbocycles. The molecule has 2 aromatic carbocycles. The molecule has 1 heterocycles. The molecule has 1 aliphatic rings. The van der Waals surface area contributed by atoms with Crippen LogP contribution in [0.4, 0.5) is 5.69 Å². The first kappa shape index (κ1) is 24.6. The Morgan fingerprint density at radius 2 is 1.87 bits per heavy atom. The first-order valence-electron chi connectivity index (χ1n) is 10.3. The normalized spacial score (nSPS) is 13.5. The van der Waals surface area contributed by atoms with E-state index in [-0.39, 0.29) is 35.8 Å². The van der Waals surface area contributed by atoms with Gasteiger partial charge in [0.05, 0.1) is 6.54 Å². The van der Waals surface area contributed by atoms with Crippen molar-refractivity contribution in [2.45, 2.75) is 32.9 Å². The number of hydrogen-bond acceptors (Lipinski definition) is 3. The van der Waals surface area contributed by atoms with E-state index in [0.29, 0.717) is 31.0 Å². The zero-order chi connectivity index (χ0) is 21.3. The van der Waals surface area contributed by atoms with Crippen molar-refractivity contribution < 1.29 is 9.59 Å². The average Bonchev–Trinajstić information content (AvgIpc) is 3.21. The number of anilines is 1. The number of amides is 2. The Bertz CT molecular complexity index is 914. The number of benzene rings is 2. The van der Waals surface area contributed by atoms with E-state index in [4.69, 9.17) is 0 Å². The van der Waals surface area contributed by atoms with Crippen molar-refractivity contribution in [1.82, 2.24) is 16.0 Å². The molecule has 2 aromatic rings. The maximum atomic E-state index is 11.9. The van der Waals surface area contributed by atoms with Crippen LogP contribution in [0.2, 0.25) is 0 Å². The molecule has 0 radical (unpaired) electrons. The molecule has 1 aliphatic heterocycles. The van der Waals surface area contributed by atoms with Crippen molar-refractivity contribution in [2.24, 2.45) is 4.99 Å². The molecule has 8 heteroatoms. The van der Waals surface area contributed by atoms with Crippen LogP contribution < -0.4 is 20.9 Å². The largest absolute Gasteiger partial charge is 0.357 e. The molecule has 7 nitrogen and oxygen atoms in total. The number of halogens is 1. The molecule has 0 atom stereocenters. The number of aliphatic imine (C=N–C) groups is 1. The van der Waals surface area contributed by atoms with Crippen molar-refractivity contribution >= 4 is 47.4 Å². The Kier molecular flexibility index (Phi) is 9.77. The van der Waals surface area contributed by atoms with Crippen LogP contribution in [0.15, 0.2) is 53.5 Å². The molecule has 0 spiro atoms. The quantitative estimate of drug-likeness (QED) is 0.289. The maximum absolute atomic E-state index is 11.9. The molecular weight excluding hydrogens is 505 g/mol. The topological polar surface area (TPSA) is 85.8 Å². The van der Waals surface area contributed by atoms with Crippen LogP contribution in [0.1, 0.15) is 41.3 Å². The van der Waals surface area contributed by atoms with E-state index in [1.807, 2.05) is 54.3 Å². The van der Waals surface area contributed by atoms with E-state index in [0.717, 1.165) is 36.3 Å². The summed E-state index contributed by atoms with van der Waals surface area (Å²) in [6.07, 6.45) is 1.56. The van der Waals surface area contributed by atoms with E-state index in [1.165, 1.54) is 0 Å². The molecule has 1 saturated heterocycles. The Hall–Kier alpha value is -2.62. The van der Waals surface area contributed by atoms with E-state index in [1.54, 1.807) is 13.1 Å². The average molecular weight is 535 g/mol. The molecule has 0 saturated carbocycles. The second-order valence-electron chi connectivity index (χ2n) is 7.14. The zero-order valence-electron chi connectivity index (χ0n) is 18.0. The highest BCUT2D eigenvalue weighted by atomic mass is 127. The van der Waals surface area contributed by atoms with Gasteiger partial charge in [-0.3, -0.25) is 9.59 Å². The molecule has 3 rings (SSSR count). The lowest BCUT2D eigenvalue weighted by Gasteiger charge is -2.16. The summed E-state index contributed by atoms with van der Waals surface area (Å²) >= 11 is 0. The summed E-state index contributed by atoms with van der Waals surface area (Å²) in [5.41, 5.74) is 3.66. The number of hydrogen-bond donors (Lipinski definition) is 3. The van der Waals surface area contributed by atoms with Gasteiger partial charge in [0, 0.05) is 44.4 Å². The van der Waals surface area contributed by atoms with Crippen molar-refractivity contribution in [2.75, 3.05) is 25.0 Å². The first-order chi connectivity index (χ1) is 14.6. The minimum atomic E-state index is -0.107. The summed E-state index contributed by atoms with van der Waals surface area (Å²) in [5.74, 6) is 0.800. The Balaban J connectivity index is 0.00000341. The predicted octanol–water partition coefficient (Wildman–Crippen LogP) is 3.05. The fourth-order valence-corrected chi connectivity index (χ4v) is 3.37. The van der Waals surface area contributed by atoms with Gasteiger partial charge in [0.25, 0.3) is 5.91 Å². The Morgan fingerprint density at radius 1 is 1.10 bits per heavy atom. The maximum Gasteiger partial charge on any atom is 0.251 e. The van der Waals surface area contributed by atoms with Crippen molar-refractivity contribution in [3.63, 3.8) is 0 Å². The zero-order valence-corrected chi connectivity index (χ0v) is 20.3.